The molecule has 108 valence electrons. The number of aromatic nitrogens is 1. The third kappa shape index (κ3) is 2.52. The van der Waals surface area contributed by atoms with Crippen LogP contribution in [0.3, 0.4) is 0 Å². The molecule has 1 saturated heterocycles. The van der Waals surface area contributed by atoms with E-state index in [4.69, 9.17) is 4.42 Å². The number of nitrogens with zero attached hydrogens (tertiary/aromatic N) is 2. The maximum absolute atomic E-state index is 12.3. The number of hydrogen-bond donors (Lipinski definition) is 1. The third-order valence-electron chi connectivity index (χ3n) is 3.80. The van der Waals surface area contributed by atoms with E-state index in [1.807, 2.05) is 30.3 Å². The van der Waals surface area contributed by atoms with E-state index in [0.717, 1.165) is 5.56 Å². The Bertz CT molecular complexity index is 639. The molecule has 21 heavy (non-hydrogen) atoms. The van der Waals surface area contributed by atoms with Crippen molar-refractivity contribution >= 4 is 11.9 Å². The molecule has 1 aliphatic rings. The molecule has 0 radical (unpaired) electrons. The minimum absolute atomic E-state index is 0.181. The summed E-state index contributed by atoms with van der Waals surface area (Å²) >= 11 is 0. The zero-order valence-electron chi connectivity index (χ0n) is 11.2. The van der Waals surface area contributed by atoms with Crippen LogP contribution >= 0.6 is 0 Å². The summed E-state index contributed by atoms with van der Waals surface area (Å²) in [6.07, 6.45) is 2.46. The summed E-state index contributed by atoms with van der Waals surface area (Å²) in [4.78, 5) is 29.1. The number of carbonyl (C=O) groups excluding carboxylic acids is 1. The number of likely N-dealkylation sites (tertiary alicyclic amines) is 1. The number of carbonyl (C=O) groups is 2. The molecule has 0 unspecified atom stereocenters. The van der Waals surface area contributed by atoms with Crippen LogP contribution < -0.4 is 0 Å². The minimum Gasteiger partial charge on any atom is -0.481 e. The van der Waals surface area contributed by atoms with E-state index in [9.17, 15) is 14.7 Å². The molecule has 0 saturated carbocycles. The Kier molecular flexibility index (Phi) is 3.43. The number of benzene rings is 1. The molecule has 1 aromatic carbocycles. The van der Waals surface area contributed by atoms with Gasteiger partial charge in [0.1, 0.15) is 6.26 Å². The highest BCUT2D eigenvalue weighted by molar-refractivity contribution is 5.92. The van der Waals surface area contributed by atoms with Gasteiger partial charge in [0.05, 0.1) is 5.92 Å². The van der Waals surface area contributed by atoms with Crippen LogP contribution in [0.4, 0.5) is 0 Å². The van der Waals surface area contributed by atoms with E-state index in [0.29, 0.717) is 6.54 Å². The monoisotopic (exact) mass is 286 g/mol. The van der Waals surface area contributed by atoms with Crippen molar-refractivity contribution in [3.63, 3.8) is 0 Å². The van der Waals surface area contributed by atoms with Gasteiger partial charge in [0.25, 0.3) is 5.91 Å². The van der Waals surface area contributed by atoms with E-state index in [2.05, 4.69) is 4.98 Å². The van der Waals surface area contributed by atoms with Crippen molar-refractivity contribution in [3.8, 4) is 0 Å². The Morgan fingerprint density at radius 1 is 1.24 bits per heavy atom. The summed E-state index contributed by atoms with van der Waals surface area (Å²) in [6, 6.07) is 9.41. The van der Waals surface area contributed by atoms with Gasteiger partial charge in [0.2, 0.25) is 0 Å². The van der Waals surface area contributed by atoms with Crippen LogP contribution in [0, 0.1) is 5.92 Å². The fourth-order valence-corrected chi connectivity index (χ4v) is 2.74. The molecule has 6 nitrogen and oxygen atoms in total. The summed E-state index contributed by atoms with van der Waals surface area (Å²) in [5, 5.41) is 9.40. The first kappa shape index (κ1) is 13.4. The Morgan fingerprint density at radius 2 is 2.00 bits per heavy atom. The van der Waals surface area contributed by atoms with Gasteiger partial charge in [-0.2, -0.15) is 0 Å². The largest absolute Gasteiger partial charge is 0.481 e. The zero-order chi connectivity index (χ0) is 14.8. The first-order chi connectivity index (χ1) is 10.2. The van der Waals surface area contributed by atoms with Crippen molar-refractivity contribution in [2.24, 2.45) is 5.92 Å². The van der Waals surface area contributed by atoms with Crippen LogP contribution in [-0.2, 0) is 4.79 Å². The first-order valence-electron chi connectivity index (χ1n) is 6.62. The second kappa shape index (κ2) is 5.40. The van der Waals surface area contributed by atoms with Crippen LogP contribution in [0.5, 0.6) is 0 Å². The highest BCUT2D eigenvalue weighted by Gasteiger charge is 2.41. The lowest BCUT2D eigenvalue weighted by molar-refractivity contribution is -0.141. The molecule has 0 aliphatic carbocycles. The number of carboxylic acids is 1. The zero-order valence-corrected chi connectivity index (χ0v) is 11.2. The van der Waals surface area contributed by atoms with Gasteiger partial charge in [-0.25, -0.2) is 4.98 Å². The van der Waals surface area contributed by atoms with E-state index < -0.39 is 11.9 Å². The summed E-state index contributed by atoms with van der Waals surface area (Å²) in [5.74, 6) is -2.00. The quantitative estimate of drug-likeness (QED) is 0.926. The lowest BCUT2D eigenvalue weighted by Crippen LogP contribution is -2.30. The average Bonchev–Trinajstić information content (AvgIpc) is 3.17. The number of aliphatic carboxylic acids is 1. The lowest BCUT2D eigenvalue weighted by atomic mass is 9.89. The molecule has 0 spiro atoms. The molecule has 0 bridgehead atoms. The van der Waals surface area contributed by atoms with E-state index in [1.54, 1.807) is 0 Å². The van der Waals surface area contributed by atoms with Gasteiger partial charge in [-0.15, -0.1) is 0 Å². The molecule has 2 atom stereocenters. The van der Waals surface area contributed by atoms with Gasteiger partial charge in [-0.1, -0.05) is 30.3 Å². The van der Waals surface area contributed by atoms with Crippen LogP contribution in [-0.4, -0.2) is 40.0 Å². The molecular formula is C15H14N2O4. The van der Waals surface area contributed by atoms with Crippen molar-refractivity contribution in [1.29, 1.82) is 0 Å². The highest BCUT2D eigenvalue weighted by Crippen LogP contribution is 2.33. The molecule has 2 heterocycles. The van der Waals surface area contributed by atoms with E-state index in [1.165, 1.54) is 17.6 Å². The molecular weight excluding hydrogens is 272 g/mol. The second-order valence-electron chi connectivity index (χ2n) is 5.05. The summed E-state index contributed by atoms with van der Waals surface area (Å²) in [5.41, 5.74) is 1.13. The fourth-order valence-electron chi connectivity index (χ4n) is 2.74. The molecule has 1 aliphatic heterocycles. The average molecular weight is 286 g/mol. The number of amides is 1. The number of carboxylic acid groups (broad SMARTS) is 1. The second-order valence-corrected chi connectivity index (χ2v) is 5.05. The van der Waals surface area contributed by atoms with Crippen molar-refractivity contribution in [2.45, 2.75) is 5.92 Å². The number of oxazole rings is 1. The molecule has 2 aromatic rings. The van der Waals surface area contributed by atoms with Gasteiger partial charge in [0.15, 0.2) is 12.1 Å². The maximum atomic E-state index is 12.3. The van der Waals surface area contributed by atoms with Crippen molar-refractivity contribution < 1.29 is 19.1 Å². The molecule has 6 heteroatoms. The van der Waals surface area contributed by atoms with Gasteiger partial charge >= 0.3 is 5.97 Å². The minimum atomic E-state index is -0.890. The summed E-state index contributed by atoms with van der Waals surface area (Å²) in [7, 11) is 0. The van der Waals surface area contributed by atoms with Crippen LogP contribution in [0.2, 0.25) is 0 Å². The van der Waals surface area contributed by atoms with Gasteiger partial charge in [-0.05, 0) is 5.56 Å². The Balaban J connectivity index is 1.85. The van der Waals surface area contributed by atoms with Crippen molar-refractivity contribution in [3.05, 3.63) is 54.2 Å². The summed E-state index contributed by atoms with van der Waals surface area (Å²) < 4.78 is 4.81. The normalized spacial score (nSPS) is 21.4. The van der Waals surface area contributed by atoms with Gasteiger partial charge in [0, 0.05) is 19.0 Å². The summed E-state index contributed by atoms with van der Waals surface area (Å²) in [6.45, 7) is 0.549. The third-order valence-corrected chi connectivity index (χ3v) is 3.80. The lowest BCUT2D eigenvalue weighted by Gasteiger charge is -2.15. The molecule has 1 amide bonds. The van der Waals surface area contributed by atoms with Gasteiger partial charge in [-0.3, -0.25) is 9.59 Å². The predicted molar refractivity (Wildman–Crippen MR) is 72.7 cm³/mol. The Labute approximate surface area is 121 Å². The predicted octanol–water partition coefficient (Wildman–Crippen LogP) is 1.62. The van der Waals surface area contributed by atoms with E-state index >= 15 is 0 Å². The Morgan fingerprint density at radius 3 is 2.62 bits per heavy atom. The highest BCUT2D eigenvalue weighted by atomic mass is 16.4. The number of hydrogen-bond acceptors (Lipinski definition) is 4. The molecule has 3 rings (SSSR count). The van der Waals surface area contributed by atoms with Crippen molar-refractivity contribution in [1.82, 2.24) is 9.88 Å². The standard InChI is InChI=1S/C15H14N2O4/c18-14(13-8-21-9-16-13)17-6-11(12(7-17)15(19)20)10-4-2-1-3-5-10/h1-5,8-9,11-12H,6-7H2,(H,19,20)/t11-,12+/m0/s1. The van der Waals surface area contributed by atoms with Crippen LogP contribution in [0.25, 0.3) is 0 Å². The fraction of sp³-hybridized carbons (Fsp3) is 0.267. The number of rotatable bonds is 3. The van der Waals surface area contributed by atoms with Crippen molar-refractivity contribution in [2.75, 3.05) is 13.1 Å². The Hall–Kier alpha value is -2.63. The van der Waals surface area contributed by atoms with Gasteiger partial charge < -0.3 is 14.4 Å². The SMILES string of the molecule is O=C(O)[C@@H]1CN(C(=O)c2cocn2)C[C@H]1c1ccccc1. The molecule has 1 aromatic heterocycles. The smallest absolute Gasteiger partial charge is 0.308 e. The maximum Gasteiger partial charge on any atom is 0.308 e. The molecule has 1 N–H and O–H groups in total. The van der Waals surface area contributed by atoms with Crippen LogP contribution in [0.15, 0.2) is 47.4 Å². The molecule has 1 fully saturated rings. The van der Waals surface area contributed by atoms with E-state index in [-0.39, 0.29) is 24.1 Å². The first-order valence-corrected chi connectivity index (χ1v) is 6.62. The van der Waals surface area contributed by atoms with Crippen LogP contribution in [0.1, 0.15) is 22.0 Å². The topological polar surface area (TPSA) is 83.6 Å².